The molecule has 0 saturated carbocycles. The Bertz CT molecular complexity index is 854. The fourth-order valence-corrected chi connectivity index (χ4v) is 3.37. The lowest BCUT2D eigenvalue weighted by molar-refractivity contribution is 0.154. The van der Waals surface area contributed by atoms with E-state index in [1.54, 1.807) is 7.11 Å². The minimum atomic E-state index is -0.870. The number of likely N-dealkylation sites (tertiary alicyclic amines) is 1. The summed E-state index contributed by atoms with van der Waals surface area (Å²) in [6.07, 6.45) is -0.870. The van der Waals surface area contributed by atoms with Gasteiger partial charge in [-0.05, 0) is 35.7 Å². The maximum absolute atomic E-state index is 11.2. The van der Waals surface area contributed by atoms with Crippen molar-refractivity contribution in [3.05, 3.63) is 59.7 Å². The van der Waals surface area contributed by atoms with Gasteiger partial charge in [-0.3, -0.25) is 0 Å². The van der Waals surface area contributed by atoms with Gasteiger partial charge in [-0.15, -0.1) is 0 Å². The molecular weight excluding hydrogens is 342 g/mol. The first kappa shape index (κ1) is 18.7. The minimum absolute atomic E-state index is 0.143. The van der Waals surface area contributed by atoms with Gasteiger partial charge in [0.05, 0.1) is 7.11 Å². The molecule has 0 spiro atoms. The molecule has 2 atom stereocenters. The number of rotatable bonds is 4. The number of hydrogen-bond donors (Lipinski definition) is 1. The maximum atomic E-state index is 11.2. The number of methoxy groups -OCH3 is 1. The van der Waals surface area contributed by atoms with Gasteiger partial charge in [0.25, 0.3) is 0 Å². The molecule has 2 aromatic rings. The van der Waals surface area contributed by atoms with E-state index in [0.29, 0.717) is 24.6 Å². The van der Waals surface area contributed by atoms with E-state index in [1.165, 1.54) is 4.90 Å². The Hall–Kier alpha value is -3.13. The third-order valence-corrected chi connectivity index (χ3v) is 4.81. The van der Waals surface area contributed by atoms with E-state index in [2.05, 4.69) is 18.8 Å². The van der Waals surface area contributed by atoms with Gasteiger partial charge in [-0.1, -0.05) is 43.0 Å². The Kier molecular flexibility index (Phi) is 5.87. The molecule has 1 heterocycles. The summed E-state index contributed by atoms with van der Waals surface area (Å²) in [5.74, 6) is 7.72. The third kappa shape index (κ3) is 4.53. The Labute approximate surface area is 159 Å². The van der Waals surface area contributed by atoms with Gasteiger partial charge in [0, 0.05) is 24.6 Å². The molecule has 1 saturated heterocycles. The van der Waals surface area contributed by atoms with Crippen molar-refractivity contribution in [2.24, 2.45) is 5.92 Å². The van der Waals surface area contributed by atoms with Crippen molar-refractivity contribution in [2.45, 2.75) is 12.8 Å². The van der Waals surface area contributed by atoms with Crippen LogP contribution in [0.5, 0.6) is 11.5 Å². The largest absolute Gasteiger partial charge is 0.493 e. The van der Waals surface area contributed by atoms with Crippen LogP contribution in [0.4, 0.5) is 4.79 Å². The molecule has 1 amide bonds. The first-order valence-electron chi connectivity index (χ1n) is 8.91. The summed E-state index contributed by atoms with van der Waals surface area (Å²) in [5, 5.41) is 9.24. The van der Waals surface area contributed by atoms with Crippen LogP contribution in [-0.2, 0) is 0 Å². The highest BCUT2D eigenvalue weighted by Crippen LogP contribution is 2.37. The van der Waals surface area contributed by atoms with Crippen LogP contribution < -0.4 is 9.47 Å². The van der Waals surface area contributed by atoms with Crippen LogP contribution in [0.3, 0.4) is 0 Å². The molecule has 3 rings (SSSR count). The van der Waals surface area contributed by atoms with Crippen molar-refractivity contribution in [3.63, 3.8) is 0 Å². The van der Waals surface area contributed by atoms with Crippen molar-refractivity contribution in [2.75, 3.05) is 26.8 Å². The molecule has 0 radical (unpaired) electrons. The molecule has 5 nitrogen and oxygen atoms in total. The molecule has 1 N–H and O–H groups in total. The lowest BCUT2D eigenvalue weighted by atomic mass is 9.90. The summed E-state index contributed by atoms with van der Waals surface area (Å²) in [6, 6.07) is 15.5. The molecule has 27 heavy (non-hydrogen) atoms. The second kappa shape index (κ2) is 8.50. The zero-order chi connectivity index (χ0) is 19.2. The van der Waals surface area contributed by atoms with Crippen molar-refractivity contribution >= 4 is 6.09 Å². The Morgan fingerprint density at radius 1 is 1.19 bits per heavy atom. The lowest BCUT2D eigenvalue weighted by Crippen LogP contribution is -2.26. The molecule has 0 aliphatic carbocycles. The minimum Gasteiger partial charge on any atom is -0.493 e. The maximum Gasteiger partial charge on any atom is 0.407 e. The standard InChI is InChI=1S/C22H23NO4/c1-16-14-23(22(24)25)15-19(16)18-10-11-20(26-2)21(13-18)27-12-6-9-17-7-4-3-5-8-17/h3-5,7-8,10-11,13,16,19H,12,14-15H2,1-2H3,(H,24,25)/t16-,19+/m1/s1. The topological polar surface area (TPSA) is 59.0 Å². The molecule has 1 aliphatic rings. The van der Waals surface area contributed by atoms with Crippen LogP contribution in [0, 0.1) is 17.8 Å². The number of amides is 1. The molecule has 1 fully saturated rings. The summed E-state index contributed by atoms with van der Waals surface area (Å²) in [5.41, 5.74) is 1.99. The van der Waals surface area contributed by atoms with E-state index in [1.807, 2.05) is 48.5 Å². The molecule has 140 valence electrons. The van der Waals surface area contributed by atoms with Crippen LogP contribution >= 0.6 is 0 Å². The van der Waals surface area contributed by atoms with Crippen molar-refractivity contribution in [1.29, 1.82) is 0 Å². The van der Waals surface area contributed by atoms with E-state index in [-0.39, 0.29) is 18.4 Å². The van der Waals surface area contributed by atoms with Gasteiger partial charge in [0.15, 0.2) is 11.5 Å². The van der Waals surface area contributed by atoms with Crippen molar-refractivity contribution in [1.82, 2.24) is 4.90 Å². The predicted octanol–water partition coefficient (Wildman–Crippen LogP) is 3.84. The fraction of sp³-hybridized carbons (Fsp3) is 0.318. The quantitative estimate of drug-likeness (QED) is 0.837. The van der Waals surface area contributed by atoms with E-state index in [9.17, 15) is 9.90 Å². The number of hydrogen-bond acceptors (Lipinski definition) is 3. The van der Waals surface area contributed by atoms with E-state index < -0.39 is 6.09 Å². The third-order valence-electron chi connectivity index (χ3n) is 4.81. The zero-order valence-corrected chi connectivity index (χ0v) is 15.5. The van der Waals surface area contributed by atoms with E-state index >= 15 is 0 Å². The number of carbonyl (C=O) groups is 1. The highest BCUT2D eigenvalue weighted by atomic mass is 16.5. The molecular formula is C22H23NO4. The highest BCUT2D eigenvalue weighted by molar-refractivity contribution is 5.65. The monoisotopic (exact) mass is 365 g/mol. The average molecular weight is 365 g/mol. The first-order valence-corrected chi connectivity index (χ1v) is 8.91. The van der Waals surface area contributed by atoms with Gasteiger partial charge in [-0.25, -0.2) is 4.79 Å². The summed E-state index contributed by atoms with van der Waals surface area (Å²) >= 11 is 0. The molecule has 5 heteroatoms. The number of nitrogens with zero attached hydrogens (tertiary/aromatic N) is 1. The zero-order valence-electron chi connectivity index (χ0n) is 15.5. The second-order valence-corrected chi connectivity index (χ2v) is 6.64. The SMILES string of the molecule is COc1ccc([C@H]2CN(C(=O)O)C[C@H]2C)cc1OCC#Cc1ccccc1. The molecule has 2 aromatic carbocycles. The van der Waals surface area contributed by atoms with Gasteiger partial charge >= 0.3 is 6.09 Å². The number of ether oxygens (including phenoxy) is 2. The summed E-state index contributed by atoms with van der Waals surface area (Å²) in [6.45, 7) is 3.36. The van der Waals surface area contributed by atoms with Crippen LogP contribution in [0.1, 0.15) is 24.0 Å². The molecule has 0 aromatic heterocycles. The van der Waals surface area contributed by atoms with E-state index in [4.69, 9.17) is 9.47 Å². The van der Waals surface area contributed by atoms with Crippen LogP contribution in [-0.4, -0.2) is 42.9 Å². The molecule has 0 unspecified atom stereocenters. The summed E-state index contributed by atoms with van der Waals surface area (Å²) in [7, 11) is 1.60. The van der Waals surface area contributed by atoms with Crippen LogP contribution in [0.25, 0.3) is 0 Å². The van der Waals surface area contributed by atoms with Crippen molar-refractivity contribution < 1.29 is 19.4 Å². The Morgan fingerprint density at radius 3 is 2.63 bits per heavy atom. The summed E-state index contributed by atoms with van der Waals surface area (Å²) in [4.78, 5) is 12.7. The van der Waals surface area contributed by atoms with Gasteiger partial charge in [0.2, 0.25) is 0 Å². The first-order chi connectivity index (χ1) is 13.1. The van der Waals surface area contributed by atoms with Crippen molar-refractivity contribution in [3.8, 4) is 23.3 Å². The highest BCUT2D eigenvalue weighted by Gasteiger charge is 2.33. The number of benzene rings is 2. The van der Waals surface area contributed by atoms with Crippen LogP contribution in [0.15, 0.2) is 48.5 Å². The van der Waals surface area contributed by atoms with Gasteiger partial charge in [0.1, 0.15) is 6.61 Å². The number of carboxylic acid groups (broad SMARTS) is 1. The second-order valence-electron chi connectivity index (χ2n) is 6.64. The van der Waals surface area contributed by atoms with Crippen LogP contribution in [0.2, 0.25) is 0 Å². The van der Waals surface area contributed by atoms with E-state index in [0.717, 1.165) is 11.1 Å². The summed E-state index contributed by atoms with van der Waals surface area (Å²) < 4.78 is 11.2. The fourth-order valence-electron chi connectivity index (χ4n) is 3.37. The lowest BCUT2D eigenvalue weighted by Gasteiger charge is -2.17. The Balaban J connectivity index is 1.72. The van der Waals surface area contributed by atoms with Gasteiger partial charge in [-0.2, -0.15) is 0 Å². The predicted molar refractivity (Wildman–Crippen MR) is 103 cm³/mol. The normalized spacial score (nSPS) is 18.5. The van der Waals surface area contributed by atoms with Gasteiger partial charge < -0.3 is 19.5 Å². The smallest absolute Gasteiger partial charge is 0.407 e. The Morgan fingerprint density at radius 2 is 1.96 bits per heavy atom. The molecule has 1 aliphatic heterocycles. The average Bonchev–Trinajstić information content (AvgIpc) is 3.08. The molecule has 0 bridgehead atoms.